The number of rotatable bonds is 2. The first-order chi connectivity index (χ1) is 9.49. The van der Waals surface area contributed by atoms with Crippen LogP contribution in [0, 0.1) is 0 Å². The molecule has 0 radical (unpaired) electrons. The number of carboxylic acid groups (broad SMARTS) is 1. The summed E-state index contributed by atoms with van der Waals surface area (Å²) < 4.78 is 0. The molecule has 0 aliphatic carbocycles. The number of nitrogens with zero attached hydrogens (tertiary/aromatic N) is 2. The third-order valence-corrected chi connectivity index (χ3v) is 3.26. The zero-order valence-electron chi connectivity index (χ0n) is 10.8. The average Bonchev–Trinajstić information content (AvgIpc) is 2.46. The number of carbonyl (C=O) groups is 3. The molecule has 0 unspecified atom stereocenters. The quantitative estimate of drug-likeness (QED) is 0.806. The van der Waals surface area contributed by atoms with Gasteiger partial charge in [0, 0.05) is 31.7 Å². The molecule has 0 bridgehead atoms. The Labute approximate surface area is 115 Å². The van der Waals surface area contributed by atoms with Crippen LogP contribution < -0.4 is 5.73 Å². The van der Waals surface area contributed by atoms with Crippen molar-refractivity contribution in [1.82, 2.24) is 9.80 Å². The van der Waals surface area contributed by atoms with E-state index in [1.165, 1.54) is 29.2 Å². The van der Waals surface area contributed by atoms with Crippen LogP contribution in [0.2, 0.25) is 0 Å². The number of piperazine rings is 1. The highest BCUT2D eigenvalue weighted by atomic mass is 16.4. The van der Waals surface area contributed by atoms with E-state index >= 15 is 0 Å². The predicted octanol–water partition coefficient (Wildman–Crippen LogP) is 0.221. The summed E-state index contributed by atoms with van der Waals surface area (Å²) in [5, 5.41) is 8.80. The smallest absolute Gasteiger partial charge is 0.335 e. The highest BCUT2D eigenvalue weighted by Gasteiger charge is 2.23. The molecule has 0 atom stereocenters. The van der Waals surface area contributed by atoms with E-state index in [1.54, 1.807) is 4.90 Å². The number of carboxylic acids is 1. The fraction of sp³-hybridized carbons (Fsp3) is 0.308. The van der Waals surface area contributed by atoms with E-state index in [9.17, 15) is 14.4 Å². The lowest BCUT2D eigenvalue weighted by Crippen LogP contribution is -2.52. The number of aromatic carboxylic acids is 1. The molecule has 1 heterocycles. The average molecular weight is 277 g/mol. The molecule has 7 heteroatoms. The Morgan fingerprint density at radius 3 is 1.80 bits per heavy atom. The van der Waals surface area contributed by atoms with Gasteiger partial charge in [-0.3, -0.25) is 4.79 Å². The maximum absolute atomic E-state index is 12.2. The Kier molecular flexibility index (Phi) is 3.88. The maximum atomic E-state index is 12.2. The van der Waals surface area contributed by atoms with Gasteiger partial charge >= 0.3 is 12.0 Å². The van der Waals surface area contributed by atoms with E-state index < -0.39 is 12.0 Å². The summed E-state index contributed by atoms with van der Waals surface area (Å²) in [5.74, 6) is -1.20. The third-order valence-electron chi connectivity index (χ3n) is 3.26. The number of hydrogen-bond acceptors (Lipinski definition) is 3. The van der Waals surface area contributed by atoms with Crippen molar-refractivity contribution in [3.8, 4) is 0 Å². The van der Waals surface area contributed by atoms with Crippen LogP contribution in [0.5, 0.6) is 0 Å². The highest BCUT2D eigenvalue weighted by molar-refractivity contribution is 5.96. The molecule has 7 nitrogen and oxygen atoms in total. The number of primary amides is 1. The Balaban J connectivity index is 2.01. The zero-order chi connectivity index (χ0) is 14.7. The summed E-state index contributed by atoms with van der Waals surface area (Å²) in [6.45, 7) is 1.66. The number of urea groups is 1. The van der Waals surface area contributed by atoms with E-state index in [-0.39, 0.29) is 11.5 Å². The van der Waals surface area contributed by atoms with Gasteiger partial charge in [0.25, 0.3) is 5.91 Å². The molecule has 0 spiro atoms. The van der Waals surface area contributed by atoms with Crippen LogP contribution in [-0.2, 0) is 0 Å². The number of hydrogen-bond donors (Lipinski definition) is 2. The Bertz CT molecular complexity index is 533. The van der Waals surface area contributed by atoms with Crippen molar-refractivity contribution in [3.63, 3.8) is 0 Å². The molecule has 1 aliphatic heterocycles. The summed E-state index contributed by atoms with van der Waals surface area (Å²) in [5.41, 5.74) is 5.74. The molecule has 0 saturated carbocycles. The Morgan fingerprint density at radius 2 is 1.35 bits per heavy atom. The van der Waals surface area contributed by atoms with Crippen molar-refractivity contribution >= 4 is 17.9 Å². The highest BCUT2D eigenvalue weighted by Crippen LogP contribution is 2.10. The normalized spacial score (nSPS) is 15.0. The largest absolute Gasteiger partial charge is 0.478 e. The van der Waals surface area contributed by atoms with Crippen molar-refractivity contribution in [2.75, 3.05) is 26.2 Å². The SMILES string of the molecule is NC(=O)N1CCN(C(=O)c2ccc(C(=O)O)cc2)CC1. The van der Waals surface area contributed by atoms with Gasteiger partial charge in [0.1, 0.15) is 0 Å². The van der Waals surface area contributed by atoms with Gasteiger partial charge in [-0.25, -0.2) is 9.59 Å². The number of amides is 3. The van der Waals surface area contributed by atoms with Crippen LogP contribution in [0.4, 0.5) is 4.79 Å². The molecule has 0 aromatic heterocycles. The van der Waals surface area contributed by atoms with Crippen LogP contribution in [0.1, 0.15) is 20.7 Å². The number of carbonyl (C=O) groups excluding carboxylic acids is 2. The Hall–Kier alpha value is -2.57. The first kappa shape index (κ1) is 13.9. The molecule has 1 saturated heterocycles. The summed E-state index contributed by atoms with van der Waals surface area (Å²) in [7, 11) is 0. The van der Waals surface area contributed by atoms with Crippen molar-refractivity contribution in [3.05, 3.63) is 35.4 Å². The summed E-state index contributed by atoms with van der Waals surface area (Å²) in [6, 6.07) is 5.30. The predicted molar refractivity (Wildman–Crippen MR) is 70.5 cm³/mol. The summed E-state index contributed by atoms with van der Waals surface area (Å²) in [6.07, 6.45) is 0. The van der Waals surface area contributed by atoms with Crippen LogP contribution in [0.3, 0.4) is 0 Å². The monoisotopic (exact) mass is 277 g/mol. The molecule has 20 heavy (non-hydrogen) atoms. The third kappa shape index (κ3) is 2.87. The van der Waals surface area contributed by atoms with Gasteiger partial charge in [0.15, 0.2) is 0 Å². The molecule has 3 N–H and O–H groups in total. The lowest BCUT2D eigenvalue weighted by atomic mass is 10.1. The minimum Gasteiger partial charge on any atom is -0.478 e. The maximum Gasteiger partial charge on any atom is 0.335 e. The molecular weight excluding hydrogens is 262 g/mol. The Morgan fingerprint density at radius 1 is 0.900 bits per heavy atom. The minimum absolute atomic E-state index is 0.139. The fourth-order valence-electron chi connectivity index (χ4n) is 2.07. The van der Waals surface area contributed by atoms with Crippen molar-refractivity contribution in [2.45, 2.75) is 0 Å². The van der Waals surface area contributed by atoms with Crippen molar-refractivity contribution in [1.29, 1.82) is 0 Å². The molecule has 1 fully saturated rings. The molecule has 1 aromatic rings. The van der Waals surface area contributed by atoms with Crippen LogP contribution >= 0.6 is 0 Å². The number of benzene rings is 1. The lowest BCUT2D eigenvalue weighted by Gasteiger charge is -2.33. The first-order valence-corrected chi connectivity index (χ1v) is 6.16. The lowest BCUT2D eigenvalue weighted by molar-refractivity contribution is 0.0665. The summed E-state index contributed by atoms with van der Waals surface area (Å²) in [4.78, 5) is 37.0. The van der Waals surface area contributed by atoms with Gasteiger partial charge in [0.2, 0.25) is 0 Å². The van der Waals surface area contributed by atoms with E-state index in [0.29, 0.717) is 31.7 Å². The van der Waals surface area contributed by atoms with E-state index in [1.807, 2.05) is 0 Å². The van der Waals surface area contributed by atoms with Crippen LogP contribution in [0.25, 0.3) is 0 Å². The number of nitrogens with two attached hydrogens (primary N) is 1. The van der Waals surface area contributed by atoms with Crippen molar-refractivity contribution < 1.29 is 19.5 Å². The van der Waals surface area contributed by atoms with Gasteiger partial charge in [-0.2, -0.15) is 0 Å². The second kappa shape index (κ2) is 5.60. The first-order valence-electron chi connectivity index (χ1n) is 6.16. The molecule has 106 valence electrons. The van der Waals surface area contributed by atoms with Gasteiger partial charge in [-0.1, -0.05) is 0 Å². The van der Waals surface area contributed by atoms with Gasteiger partial charge in [-0.05, 0) is 24.3 Å². The zero-order valence-corrected chi connectivity index (χ0v) is 10.8. The van der Waals surface area contributed by atoms with Crippen LogP contribution in [-0.4, -0.2) is 59.0 Å². The van der Waals surface area contributed by atoms with Crippen LogP contribution in [0.15, 0.2) is 24.3 Å². The molecule has 2 rings (SSSR count). The van der Waals surface area contributed by atoms with Gasteiger partial charge < -0.3 is 20.6 Å². The minimum atomic E-state index is -1.03. The standard InChI is InChI=1S/C13H15N3O4/c14-13(20)16-7-5-15(6-8-16)11(17)9-1-3-10(4-2-9)12(18)19/h1-4H,5-8H2,(H2,14,20)(H,18,19). The van der Waals surface area contributed by atoms with Gasteiger partial charge in [0.05, 0.1) is 5.56 Å². The second-order valence-corrected chi connectivity index (χ2v) is 4.50. The molecule has 1 aromatic carbocycles. The van der Waals surface area contributed by atoms with E-state index in [2.05, 4.69) is 0 Å². The second-order valence-electron chi connectivity index (χ2n) is 4.50. The van der Waals surface area contributed by atoms with E-state index in [0.717, 1.165) is 0 Å². The van der Waals surface area contributed by atoms with Crippen molar-refractivity contribution in [2.24, 2.45) is 5.73 Å². The van der Waals surface area contributed by atoms with Gasteiger partial charge in [-0.15, -0.1) is 0 Å². The molecule has 3 amide bonds. The molecule has 1 aliphatic rings. The fourth-order valence-corrected chi connectivity index (χ4v) is 2.07. The summed E-state index contributed by atoms with van der Waals surface area (Å²) >= 11 is 0. The topological polar surface area (TPSA) is 104 Å². The molecular formula is C13H15N3O4. The van der Waals surface area contributed by atoms with E-state index in [4.69, 9.17) is 10.8 Å².